The van der Waals surface area contributed by atoms with Crippen LogP contribution in [0.1, 0.15) is 72.3 Å². The van der Waals surface area contributed by atoms with Gasteiger partial charge in [-0.1, -0.05) is 96.2 Å². The smallest absolute Gasteiger partial charge is 0.333 e. The van der Waals surface area contributed by atoms with Crippen LogP contribution in [0.15, 0.2) is 78.9 Å². The minimum atomic E-state index is -0.935. The zero-order valence-corrected chi connectivity index (χ0v) is 24.4. The molecule has 0 spiro atoms. The molecule has 218 valence electrons. The van der Waals surface area contributed by atoms with E-state index in [4.69, 9.17) is 14.9 Å². The summed E-state index contributed by atoms with van der Waals surface area (Å²) >= 11 is 0. The first kappa shape index (κ1) is 39.6. The lowest BCUT2D eigenvalue weighted by atomic mass is 9.92. The van der Waals surface area contributed by atoms with E-state index in [9.17, 15) is 19.2 Å². The summed E-state index contributed by atoms with van der Waals surface area (Å²) in [5, 5.41) is 16.5. The molecule has 1 rings (SSSR count). The van der Waals surface area contributed by atoms with Crippen molar-refractivity contribution in [2.45, 2.75) is 73.3 Å². The lowest BCUT2D eigenvalue weighted by Crippen LogP contribution is -2.06. The largest absolute Gasteiger partial charge is 0.478 e. The number of carboxylic acids is 2. The molecule has 1 aromatic rings. The predicted octanol–water partition coefficient (Wildman–Crippen LogP) is 6.92. The average molecular weight is 547 g/mol. The number of benzene rings is 1. The molecule has 0 aliphatic carbocycles. The molecule has 8 heteroatoms. The van der Waals surface area contributed by atoms with Crippen LogP contribution in [0.2, 0.25) is 0 Å². The lowest BCUT2D eigenvalue weighted by molar-refractivity contribution is -0.140. The molecular formula is C31H46O8. The number of aliphatic carboxylic acids is 2. The van der Waals surface area contributed by atoms with Crippen LogP contribution in [-0.4, -0.2) is 41.2 Å². The lowest BCUT2D eigenvalue weighted by Gasteiger charge is -2.13. The summed E-state index contributed by atoms with van der Waals surface area (Å²) in [5.41, 5.74) is 2.37. The standard InChI is InChI=1S/C11H12O2.C11H20O2.C5H8O2.C4H6O2/c1-9(2)11(12)13-8-10-6-4-3-5-7-10;1-4-6-7-10(5-2)8-9(3)11(12)13;1-4(2)5(6)7-3;1-3(2)4(5)6/h3-7H,1,8H2,2H3;10H,3-8H2,1-2H3,(H,12,13);1H2,2-3H3;1H2,2H3,(H,5,6). The molecule has 2 N–H and O–H groups in total. The summed E-state index contributed by atoms with van der Waals surface area (Å²) in [6, 6.07) is 9.55. The molecule has 0 radical (unpaired) electrons. The van der Waals surface area contributed by atoms with Crippen LogP contribution in [0, 0.1) is 5.92 Å². The van der Waals surface area contributed by atoms with Crippen molar-refractivity contribution in [1.29, 1.82) is 0 Å². The molecular weight excluding hydrogens is 500 g/mol. The van der Waals surface area contributed by atoms with Gasteiger partial charge in [0, 0.05) is 22.3 Å². The molecule has 0 amide bonds. The summed E-state index contributed by atoms with van der Waals surface area (Å²) in [5.74, 6) is -1.97. The van der Waals surface area contributed by atoms with Gasteiger partial charge in [0.15, 0.2) is 0 Å². The number of rotatable bonds is 12. The van der Waals surface area contributed by atoms with Crippen molar-refractivity contribution in [3.63, 3.8) is 0 Å². The highest BCUT2D eigenvalue weighted by Crippen LogP contribution is 2.20. The van der Waals surface area contributed by atoms with E-state index >= 15 is 0 Å². The average Bonchev–Trinajstić information content (AvgIpc) is 2.90. The van der Waals surface area contributed by atoms with Gasteiger partial charge < -0.3 is 19.7 Å². The Kier molecular flexibility index (Phi) is 24.8. The van der Waals surface area contributed by atoms with E-state index in [2.05, 4.69) is 44.9 Å². The molecule has 1 aromatic carbocycles. The Balaban J connectivity index is -0.000000468. The molecule has 0 heterocycles. The third kappa shape index (κ3) is 25.5. The maximum Gasteiger partial charge on any atom is 0.333 e. The minimum absolute atomic E-state index is 0.176. The van der Waals surface area contributed by atoms with Crippen LogP contribution < -0.4 is 0 Å². The number of hydrogen-bond donors (Lipinski definition) is 2. The Bertz CT molecular complexity index is 933. The third-order valence-electron chi connectivity index (χ3n) is 4.84. The fraction of sp³-hybridized carbons (Fsp3) is 0.419. The number of carbonyl (C=O) groups excluding carboxylic acids is 2. The summed E-state index contributed by atoms with van der Waals surface area (Å²) in [6.07, 6.45) is 5.18. The Hall–Kier alpha value is -3.94. The van der Waals surface area contributed by atoms with Crippen molar-refractivity contribution in [2.75, 3.05) is 7.11 Å². The molecule has 0 fully saturated rings. The van der Waals surface area contributed by atoms with Gasteiger partial charge in [0.05, 0.1) is 7.11 Å². The van der Waals surface area contributed by atoms with Crippen molar-refractivity contribution in [2.24, 2.45) is 5.92 Å². The highest BCUT2D eigenvalue weighted by Gasteiger charge is 2.11. The quantitative estimate of drug-likeness (QED) is 0.214. The Labute approximate surface area is 233 Å². The first-order valence-corrected chi connectivity index (χ1v) is 12.5. The fourth-order valence-electron chi connectivity index (χ4n) is 2.40. The van der Waals surface area contributed by atoms with Gasteiger partial charge in [-0.3, -0.25) is 0 Å². The van der Waals surface area contributed by atoms with Gasteiger partial charge in [0.25, 0.3) is 0 Å². The second-order valence-electron chi connectivity index (χ2n) is 8.73. The summed E-state index contributed by atoms with van der Waals surface area (Å²) in [7, 11) is 1.33. The van der Waals surface area contributed by atoms with Crippen molar-refractivity contribution in [3.05, 3.63) is 84.5 Å². The number of unbranched alkanes of at least 4 members (excludes halogenated alkanes) is 1. The zero-order chi connectivity index (χ0) is 31.0. The van der Waals surface area contributed by atoms with Crippen molar-refractivity contribution in [1.82, 2.24) is 0 Å². The first-order valence-electron chi connectivity index (χ1n) is 12.5. The molecule has 8 nitrogen and oxygen atoms in total. The number of ether oxygens (including phenoxy) is 2. The van der Waals surface area contributed by atoms with Crippen LogP contribution in [0.25, 0.3) is 0 Å². The number of esters is 2. The van der Waals surface area contributed by atoms with Gasteiger partial charge in [-0.25, -0.2) is 19.2 Å². The fourth-order valence-corrected chi connectivity index (χ4v) is 2.40. The van der Waals surface area contributed by atoms with Gasteiger partial charge >= 0.3 is 23.9 Å². The van der Waals surface area contributed by atoms with Crippen LogP contribution in [0.5, 0.6) is 0 Å². The minimum Gasteiger partial charge on any atom is -0.478 e. The highest BCUT2D eigenvalue weighted by atomic mass is 16.5. The number of hydrogen-bond acceptors (Lipinski definition) is 6. The summed E-state index contributed by atoms with van der Waals surface area (Å²) in [4.78, 5) is 41.3. The summed E-state index contributed by atoms with van der Waals surface area (Å²) in [6.45, 7) is 22.8. The van der Waals surface area contributed by atoms with Crippen molar-refractivity contribution < 1.29 is 38.9 Å². The van der Waals surface area contributed by atoms with E-state index in [0.717, 1.165) is 18.4 Å². The maximum absolute atomic E-state index is 11.0. The van der Waals surface area contributed by atoms with Gasteiger partial charge in [-0.15, -0.1) is 0 Å². The number of methoxy groups -OCH3 is 1. The van der Waals surface area contributed by atoms with Gasteiger partial charge in [0.2, 0.25) is 0 Å². The van der Waals surface area contributed by atoms with Crippen LogP contribution in [0.4, 0.5) is 0 Å². The number of carbonyl (C=O) groups is 4. The Morgan fingerprint density at radius 3 is 1.62 bits per heavy atom. The molecule has 1 unspecified atom stereocenters. The monoisotopic (exact) mass is 546 g/mol. The molecule has 0 aliphatic heterocycles. The molecule has 0 saturated heterocycles. The van der Waals surface area contributed by atoms with Crippen LogP contribution >= 0.6 is 0 Å². The van der Waals surface area contributed by atoms with Crippen molar-refractivity contribution >= 4 is 23.9 Å². The SMILES string of the molecule is C=C(C)C(=O)O.C=C(C)C(=O)OC.C=C(C)C(=O)OCc1ccccc1.C=C(CC(CC)CCCC)C(=O)O. The molecule has 1 atom stereocenters. The second-order valence-corrected chi connectivity index (χ2v) is 8.73. The number of carboxylic acid groups (broad SMARTS) is 2. The predicted molar refractivity (Wildman–Crippen MR) is 155 cm³/mol. The van der Waals surface area contributed by atoms with Gasteiger partial charge in [-0.05, 0) is 38.7 Å². The third-order valence-corrected chi connectivity index (χ3v) is 4.84. The highest BCUT2D eigenvalue weighted by molar-refractivity contribution is 5.87. The first-order chi connectivity index (χ1) is 18.1. The second kappa shape index (κ2) is 24.4. The topological polar surface area (TPSA) is 127 Å². The molecule has 0 bridgehead atoms. The van der Waals surface area contributed by atoms with Crippen molar-refractivity contribution in [3.8, 4) is 0 Å². The van der Waals surface area contributed by atoms with E-state index in [0.29, 0.717) is 35.7 Å². The summed E-state index contributed by atoms with van der Waals surface area (Å²) < 4.78 is 9.22. The van der Waals surface area contributed by atoms with E-state index in [-0.39, 0.29) is 17.5 Å². The Morgan fingerprint density at radius 1 is 0.821 bits per heavy atom. The van der Waals surface area contributed by atoms with Crippen LogP contribution in [-0.2, 0) is 35.3 Å². The molecule has 0 saturated carbocycles. The maximum atomic E-state index is 11.0. The normalized spacial score (nSPS) is 9.79. The molecule has 39 heavy (non-hydrogen) atoms. The van der Waals surface area contributed by atoms with Crippen LogP contribution in [0.3, 0.4) is 0 Å². The molecule has 0 aromatic heterocycles. The van der Waals surface area contributed by atoms with Gasteiger partial charge in [-0.2, -0.15) is 0 Å². The van der Waals surface area contributed by atoms with Gasteiger partial charge in [0.1, 0.15) is 6.61 Å². The van der Waals surface area contributed by atoms with E-state index in [1.165, 1.54) is 26.9 Å². The van der Waals surface area contributed by atoms with E-state index in [1.54, 1.807) is 13.8 Å². The Morgan fingerprint density at radius 2 is 1.31 bits per heavy atom. The zero-order valence-electron chi connectivity index (χ0n) is 24.4. The van der Waals surface area contributed by atoms with E-state index < -0.39 is 11.9 Å². The molecule has 0 aliphatic rings. The van der Waals surface area contributed by atoms with E-state index in [1.807, 2.05) is 30.3 Å².